The molecule has 0 N–H and O–H groups in total. The number of hydrogen-bond donors (Lipinski definition) is 0. The van der Waals surface area contributed by atoms with Crippen molar-refractivity contribution in [2.45, 2.75) is 277 Å². The number of carbonyl (C=O) groups excluding carboxylic acids is 3. The second kappa shape index (κ2) is 54.5. The van der Waals surface area contributed by atoms with E-state index in [2.05, 4.69) is 93.7 Å². The Labute approximate surface area is 408 Å². The lowest BCUT2D eigenvalue weighted by Gasteiger charge is -2.18. The molecule has 0 aliphatic carbocycles. The lowest BCUT2D eigenvalue weighted by molar-refractivity contribution is -0.167. The zero-order valence-corrected chi connectivity index (χ0v) is 43.4. The maximum atomic E-state index is 12.8. The van der Waals surface area contributed by atoms with Gasteiger partial charge in [-0.2, -0.15) is 0 Å². The molecule has 1 atom stereocenters. The summed E-state index contributed by atoms with van der Waals surface area (Å²) in [6.45, 7) is 6.55. The first-order valence-electron chi connectivity index (χ1n) is 27.9. The zero-order valence-electron chi connectivity index (χ0n) is 43.4. The minimum atomic E-state index is -0.792. The monoisotopic (exact) mass is 921 g/mol. The van der Waals surface area contributed by atoms with E-state index in [1.807, 2.05) is 0 Å². The number of esters is 3. The first-order chi connectivity index (χ1) is 32.5. The molecule has 0 bridgehead atoms. The molecule has 0 rings (SSSR count). The van der Waals surface area contributed by atoms with Crippen LogP contribution in [0, 0.1) is 0 Å². The van der Waals surface area contributed by atoms with Gasteiger partial charge in [0, 0.05) is 19.3 Å². The fraction of sp³-hybridized carbons (Fsp3) is 0.750. The van der Waals surface area contributed by atoms with E-state index in [1.165, 1.54) is 116 Å². The summed E-state index contributed by atoms with van der Waals surface area (Å²) in [4.78, 5) is 38.1. The molecule has 6 nitrogen and oxygen atoms in total. The number of hydrogen-bond acceptors (Lipinski definition) is 6. The van der Waals surface area contributed by atoms with Gasteiger partial charge in [-0.15, -0.1) is 0 Å². The molecule has 0 aromatic carbocycles. The quantitative estimate of drug-likeness (QED) is 0.0262. The summed E-state index contributed by atoms with van der Waals surface area (Å²) in [6.07, 6.45) is 68.8. The van der Waals surface area contributed by atoms with E-state index in [4.69, 9.17) is 14.2 Å². The highest BCUT2D eigenvalue weighted by Gasteiger charge is 2.19. The molecule has 0 saturated carbocycles. The predicted molar refractivity (Wildman–Crippen MR) is 284 cm³/mol. The minimum absolute atomic E-state index is 0.0898. The van der Waals surface area contributed by atoms with Crippen LogP contribution in [0.4, 0.5) is 0 Å². The van der Waals surface area contributed by atoms with E-state index in [0.717, 1.165) is 116 Å². The average Bonchev–Trinajstić information content (AvgIpc) is 3.31. The van der Waals surface area contributed by atoms with Crippen LogP contribution >= 0.6 is 0 Å². The Morgan fingerprint density at radius 3 is 0.864 bits per heavy atom. The van der Waals surface area contributed by atoms with E-state index in [-0.39, 0.29) is 31.1 Å². The number of ether oxygens (including phenoxy) is 3. The van der Waals surface area contributed by atoms with Gasteiger partial charge in [-0.1, -0.05) is 209 Å². The normalized spacial score (nSPS) is 12.6. The van der Waals surface area contributed by atoms with Gasteiger partial charge in [-0.05, 0) is 116 Å². The van der Waals surface area contributed by atoms with Crippen molar-refractivity contribution in [3.63, 3.8) is 0 Å². The topological polar surface area (TPSA) is 78.9 Å². The van der Waals surface area contributed by atoms with Crippen molar-refractivity contribution in [2.75, 3.05) is 13.2 Å². The Kier molecular flexibility index (Phi) is 51.9. The standard InChI is InChI=1S/C60H104O6/c1-4-7-10-13-16-19-22-25-28-29-30-33-35-38-41-44-47-50-53-59(62)65-56-57(66-60(63)54-51-48-45-42-39-36-32-27-24-21-18-15-12-9-6-3)55-64-58(61)52-49-46-43-40-37-34-31-26-23-20-17-14-11-8-5-2/h17-22,26-29,31-32,57H,4-16,23-25,30,33-56H2,1-3H3/b20-17-,21-18-,22-19-,29-28-,31-26-,32-27-. The third-order valence-corrected chi connectivity index (χ3v) is 11.9. The Morgan fingerprint density at radius 2 is 0.545 bits per heavy atom. The summed E-state index contributed by atoms with van der Waals surface area (Å²) >= 11 is 0. The fourth-order valence-electron chi connectivity index (χ4n) is 7.65. The van der Waals surface area contributed by atoms with Gasteiger partial charge in [0.25, 0.3) is 0 Å². The van der Waals surface area contributed by atoms with Crippen molar-refractivity contribution in [1.82, 2.24) is 0 Å². The molecular weight excluding hydrogens is 817 g/mol. The molecule has 0 aliphatic rings. The molecule has 380 valence electrons. The van der Waals surface area contributed by atoms with Crippen LogP contribution in [0.1, 0.15) is 271 Å². The molecule has 0 radical (unpaired) electrons. The van der Waals surface area contributed by atoms with E-state index < -0.39 is 6.10 Å². The van der Waals surface area contributed by atoms with Crippen molar-refractivity contribution in [3.8, 4) is 0 Å². The van der Waals surface area contributed by atoms with Crippen LogP contribution in [0.3, 0.4) is 0 Å². The Hall–Kier alpha value is -3.15. The van der Waals surface area contributed by atoms with Gasteiger partial charge in [-0.25, -0.2) is 0 Å². The van der Waals surface area contributed by atoms with E-state index in [0.29, 0.717) is 19.3 Å². The van der Waals surface area contributed by atoms with Gasteiger partial charge >= 0.3 is 17.9 Å². The van der Waals surface area contributed by atoms with E-state index in [9.17, 15) is 14.4 Å². The van der Waals surface area contributed by atoms with Crippen molar-refractivity contribution in [1.29, 1.82) is 0 Å². The number of rotatable bonds is 50. The number of carbonyl (C=O) groups is 3. The molecule has 0 spiro atoms. The highest BCUT2D eigenvalue weighted by atomic mass is 16.6. The van der Waals surface area contributed by atoms with Crippen LogP contribution in [-0.4, -0.2) is 37.2 Å². The molecule has 0 saturated heterocycles. The van der Waals surface area contributed by atoms with Crippen LogP contribution in [-0.2, 0) is 28.6 Å². The van der Waals surface area contributed by atoms with Crippen LogP contribution in [0.5, 0.6) is 0 Å². The van der Waals surface area contributed by atoms with Crippen molar-refractivity contribution < 1.29 is 28.6 Å². The number of allylic oxidation sites excluding steroid dienone is 12. The Morgan fingerprint density at radius 1 is 0.303 bits per heavy atom. The summed E-state index contributed by atoms with van der Waals surface area (Å²) in [5, 5.41) is 0. The molecule has 0 heterocycles. The number of unbranched alkanes of at least 4 members (excludes halogenated alkanes) is 27. The molecule has 6 heteroatoms. The Bertz CT molecular complexity index is 1240. The lowest BCUT2D eigenvalue weighted by Crippen LogP contribution is -2.30. The molecule has 0 aliphatic heterocycles. The molecule has 66 heavy (non-hydrogen) atoms. The summed E-state index contributed by atoms with van der Waals surface area (Å²) in [7, 11) is 0. The van der Waals surface area contributed by atoms with E-state index >= 15 is 0 Å². The highest BCUT2D eigenvalue weighted by Crippen LogP contribution is 2.14. The van der Waals surface area contributed by atoms with Crippen LogP contribution in [0.25, 0.3) is 0 Å². The van der Waals surface area contributed by atoms with Crippen LogP contribution < -0.4 is 0 Å². The smallest absolute Gasteiger partial charge is 0.306 e. The van der Waals surface area contributed by atoms with Crippen molar-refractivity contribution >= 4 is 17.9 Å². The van der Waals surface area contributed by atoms with Crippen molar-refractivity contribution in [2.24, 2.45) is 0 Å². The van der Waals surface area contributed by atoms with E-state index in [1.54, 1.807) is 0 Å². The molecule has 0 amide bonds. The second-order valence-electron chi connectivity index (χ2n) is 18.5. The average molecular weight is 921 g/mol. The van der Waals surface area contributed by atoms with Gasteiger partial charge < -0.3 is 14.2 Å². The Balaban J connectivity index is 4.43. The summed E-state index contributed by atoms with van der Waals surface area (Å²) < 4.78 is 16.8. The molecule has 0 aromatic rings. The van der Waals surface area contributed by atoms with Crippen LogP contribution in [0.2, 0.25) is 0 Å². The highest BCUT2D eigenvalue weighted by molar-refractivity contribution is 5.71. The lowest BCUT2D eigenvalue weighted by atomic mass is 10.1. The maximum Gasteiger partial charge on any atom is 0.306 e. The first-order valence-corrected chi connectivity index (χ1v) is 27.9. The van der Waals surface area contributed by atoms with Crippen LogP contribution in [0.15, 0.2) is 72.9 Å². The summed E-state index contributed by atoms with van der Waals surface area (Å²) in [5.74, 6) is -0.919. The fourth-order valence-corrected chi connectivity index (χ4v) is 7.65. The molecule has 1 unspecified atom stereocenters. The third kappa shape index (κ3) is 51.8. The third-order valence-electron chi connectivity index (χ3n) is 11.9. The second-order valence-corrected chi connectivity index (χ2v) is 18.5. The van der Waals surface area contributed by atoms with Gasteiger partial charge in [0.2, 0.25) is 0 Å². The SMILES string of the molecule is CCCCC/C=C\C/C=C\CCCCCCCC(=O)OCC(COC(=O)CCCCCCCCC/C=C\C/C=C\CCCCCC)OC(=O)CCCCCCC/C=C\C/C=C\CCCCC. The van der Waals surface area contributed by atoms with Gasteiger partial charge in [0.1, 0.15) is 13.2 Å². The zero-order chi connectivity index (χ0) is 47.9. The maximum absolute atomic E-state index is 12.8. The largest absolute Gasteiger partial charge is 0.462 e. The van der Waals surface area contributed by atoms with Gasteiger partial charge in [-0.3, -0.25) is 14.4 Å². The van der Waals surface area contributed by atoms with Gasteiger partial charge in [0.05, 0.1) is 0 Å². The first kappa shape index (κ1) is 62.8. The summed E-state index contributed by atoms with van der Waals surface area (Å²) in [6, 6.07) is 0. The molecular formula is C60H104O6. The minimum Gasteiger partial charge on any atom is -0.462 e. The molecule has 0 aromatic heterocycles. The summed E-state index contributed by atoms with van der Waals surface area (Å²) in [5.41, 5.74) is 0. The molecule has 0 fully saturated rings. The van der Waals surface area contributed by atoms with Crippen molar-refractivity contribution in [3.05, 3.63) is 72.9 Å². The van der Waals surface area contributed by atoms with Gasteiger partial charge in [0.15, 0.2) is 6.10 Å². The predicted octanol–water partition coefficient (Wildman–Crippen LogP) is 18.6.